The fourth-order valence-electron chi connectivity index (χ4n) is 3.38. The summed E-state index contributed by atoms with van der Waals surface area (Å²) in [6, 6.07) is 13.3. The van der Waals surface area contributed by atoms with E-state index in [0.29, 0.717) is 5.69 Å². The topological polar surface area (TPSA) is 90.7 Å². The van der Waals surface area contributed by atoms with Gasteiger partial charge in [-0.3, -0.25) is 0 Å². The first-order valence-corrected chi connectivity index (χ1v) is 8.50. The van der Waals surface area contributed by atoms with E-state index < -0.39 is 5.54 Å². The monoisotopic (exact) mass is 335 g/mol. The maximum absolute atomic E-state index is 12.6. The smallest absolute Gasteiger partial charge is 0.316 e. The van der Waals surface area contributed by atoms with Crippen LogP contribution in [0.2, 0.25) is 0 Å². The van der Waals surface area contributed by atoms with Crippen molar-refractivity contribution in [3.05, 3.63) is 59.7 Å². The van der Waals surface area contributed by atoms with Crippen LogP contribution < -0.4 is 10.6 Å². The lowest BCUT2D eigenvalue weighted by molar-refractivity contribution is 0.220. The third-order valence-electron chi connectivity index (χ3n) is 4.70. The van der Waals surface area contributed by atoms with Gasteiger partial charge in [-0.05, 0) is 31.4 Å². The molecular weight excluding hydrogens is 314 g/mol. The van der Waals surface area contributed by atoms with Crippen LogP contribution in [0.4, 0.5) is 4.79 Å². The van der Waals surface area contributed by atoms with Crippen LogP contribution in [0.3, 0.4) is 0 Å². The van der Waals surface area contributed by atoms with Gasteiger partial charge in [-0.25, -0.2) is 14.8 Å². The second-order valence-corrected chi connectivity index (χ2v) is 6.40. The summed E-state index contributed by atoms with van der Waals surface area (Å²) < 4.78 is 0. The largest absolute Gasteiger partial charge is 0.332 e. The third-order valence-corrected chi connectivity index (χ3v) is 4.70. The van der Waals surface area contributed by atoms with E-state index in [0.717, 1.165) is 31.2 Å². The number of carbonyl (C=O) groups excluding carboxylic acids is 1. The van der Waals surface area contributed by atoms with Gasteiger partial charge in [0.1, 0.15) is 6.07 Å². The van der Waals surface area contributed by atoms with Crippen LogP contribution in [0.1, 0.15) is 55.7 Å². The molecule has 1 atom stereocenters. The first-order valence-electron chi connectivity index (χ1n) is 8.50. The lowest BCUT2D eigenvalue weighted by Gasteiger charge is -2.30. The molecule has 3 rings (SSSR count). The molecule has 0 bridgehead atoms. The van der Waals surface area contributed by atoms with Gasteiger partial charge >= 0.3 is 6.03 Å². The van der Waals surface area contributed by atoms with Gasteiger partial charge in [-0.2, -0.15) is 5.26 Å². The maximum atomic E-state index is 12.6. The molecule has 1 heterocycles. The van der Waals surface area contributed by atoms with Crippen molar-refractivity contribution in [2.75, 3.05) is 0 Å². The van der Waals surface area contributed by atoms with E-state index in [1.54, 1.807) is 12.3 Å². The van der Waals surface area contributed by atoms with E-state index in [-0.39, 0.29) is 17.9 Å². The van der Waals surface area contributed by atoms with Crippen LogP contribution in [0.5, 0.6) is 0 Å². The first kappa shape index (κ1) is 16.9. The van der Waals surface area contributed by atoms with Crippen LogP contribution in [0.15, 0.2) is 42.6 Å². The Morgan fingerprint density at radius 3 is 2.64 bits per heavy atom. The highest BCUT2D eigenvalue weighted by Gasteiger charge is 2.38. The van der Waals surface area contributed by atoms with Crippen molar-refractivity contribution >= 4 is 6.03 Å². The predicted molar refractivity (Wildman–Crippen MR) is 93.4 cm³/mol. The van der Waals surface area contributed by atoms with Gasteiger partial charge in [0, 0.05) is 6.20 Å². The van der Waals surface area contributed by atoms with Crippen molar-refractivity contribution in [1.82, 2.24) is 20.6 Å². The van der Waals surface area contributed by atoms with E-state index in [1.807, 2.05) is 43.3 Å². The van der Waals surface area contributed by atoms with Gasteiger partial charge in [0.2, 0.25) is 5.82 Å². The SMILES string of the molecule is CC(NC(=O)NC1(c2ccnc(C#N)n2)CCCC1)c1ccccc1. The number of carbonyl (C=O) groups is 1. The molecule has 2 N–H and O–H groups in total. The number of benzene rings is 1. The summed E-state index contributed by atoms with van der Waals surface area (Å²) in [6.07, 6.45) is 5.22. The second-order valence-electron chi connectivity index (χ2n) is 6.40. The Labute approximate surface area is 147 Å². The third kappa shape index (κ3) is 3.77. The highest BCUT2D eigenvalue weighted by molar-refractivity contribution is 5.75. The standard InChI is InChI=1S/C19H21N5O/c1-14(15-7-3-2-4-8-15)22-18(25)24-19(10-5-6-11-19)16-9-12-21-17(13-20)23-16/h2-4,7-9,12,14H,5-6,10-11H2,1H3,(H2,22,24,25). The van der Waals surface area contributed by atoms with Crippen LogP contribution >= 0.6 is 0 Å². The number of hydrogen-bond acceptors (Lipinski definition) is 4. The minimum atomic E-state index is -0.533. The summed E-state index contributed by atoms with van der Waals surface area (Å²) in [7, 11) is 0. The predicted octanol–water partition coefficient (Wildman–Crippen LogP) is 3.18. The molecule has 1 aromatic carbocycles. The van der Waals surface area contributed by atoms with Crippen molar-refractivity contribution in [3.8, 4) is 6.07 Å². The zero-order valence-corrected chi connectivity index (χ0v) is 14.2. The number of amides is 2. The van der Waals surface area contributed by atoms with Gasteiger partial charge in [0.25, 0.3) is 0 Å². The minimum Gasteiger partial charge on any atom is -0.332 e. The van der Waals surface area contributed by atoms with E-state index in [2.05, 4.69) is 20.6 Å². The molecule has 25 heavy (non-hydrogen) atoms. The van der Waals surface area contributed by atoms with Crippen LogP contribution in [-0.4, -0.2) is 16.0 Å². The minimum absolute atomic E-state index is 0.0975. The molecular formula is C19H21N5O. The molecule has 1 fully saturated rings. The Kier molecular flexibility index (Phi) is 4.94. The molecule has 6 heteroatoms. The summed E-state index contributed by atoms with van der Waals surface area (Å²) in [5.74, 6) is 0.128. The number of hydrogen-bond donors (Lipinski definition) is 2. The van der Waals surface area contributed by atoms with Crippen LogP contribution in [0.25, 0.3) is 0 Å². The molecule has 1 aliphatic carbocycles. The van der Waals surface area contributed by atoms with E-state index in [9.17, 15) is 4.79 Å². The fourth-order valence-corrected chi connectivity index (χ4v) is 3.38. The summed E-state index contributed by atoms with van der Waals surface area (Å²) >= 11 is 0. The summed E-state index contributed by atoms with van der Waals surface area (Å²) in [6.45, 7) is 1.95. The maximum Gasteiger partial charge on any atom is 0.316 e. The first-order chi connectivity index (χ1) is 12.1. The van der Waals surface area contributed by atoms with Gasteiger partial charge in [0.15, 0.2) is 0 Å². The van der Waals surface area contributed by atoms with Crippen molar-refractivity contribution in [3.63, 3.8) is 0 Å². The lowest BCUT2D eigenvalue weighted by atomic mass is 9.93. The normalized spacial score (nSPS) is 16.6. The van der Waals surface area contributed by atoms with Gasteiger partial charge in [0.05, 0.1) is 17.3 Å². The highest BCUT2D eigenvalue weighted by atomic mass is 16.2. The number of nitriles is 1. The second kappa shape index (κ2) is 7.31. The molecule has 2 amide bonds. The van der Waals surface area contributed by atoms with E-state index in [4.69, 9.17) is 5.26 Å². The molecule has 0 aliphatic heterocycles. The number of nitrogens with one attached hydrogen (secondary N) is 2. The Balaban J connectivity index is 1.75. The van der Waals surface area contributed by atoms with Crippen molar-refractivity contribution in [2.45, 2.75) is 44.2 Å². The molecule has 0 saturated heterocycles. The van der Waals surface area contributed by atoms with Crippen molar-refractivity contribution in [1.29, 1.82) is 5.26 Å². The van der Waals surface area contributed by atoms with Crippen molar-refractivity contribution in [2.24, 2.45) is 0 Å². The molecule has 0 radical (unpaired) electrons. The number of urea groups is 1. The fraction of sp³-hybridized carbons (Fsp3) is 0.368. The molecule has 1 unspecified atom stereocenters. The summed E-state index contributed by atoms with van der Waals surface area (Å²) in [5.41, 5.74) is 1.22. The molecule has 0 spiro atoms. The van der Waals surface area contributed by atoms with Gasteiger partial charge < -0.3 is 10.6 Å². The van der Waals surface area contributed by atoms with Gasteiger partial charge in [-0.1, -0.05) is 43.2 Å². The zero-order valence-electron chi connectivity index (χ0n) is 14.2. The zero-order chi connectivity index (χ0) is 17.7. The molecule has 1 saturated carbocycles. The average molecular weight is 335 g/mol. The van der Waals surface area contributed by atoms with Crippen molar-refractivity contribution < 1.29 is 4.79 Å². The average Bonchev–Trinajstić information content (AvgIpc) is 3.12. The van der Waals surface area contributed by atoms with Gasteiger partial charge in [-0.15, -0.1) is 0 Å². The quantitative estimate of drug-likeness (QED) is 0.898. The van der Waals surface area contributed by atoms with Crippen LogP contribution in [-0.2, 0) is 5.54 Å². The number of rotatable bonds is 4. The molecule has 1 aromatic heterocycles. The Bertz CT molecular complexity index is 778. The Morgan fingerprint density at radius 1 is 1.24 bits per heavy atom. The highest BCUT2D eigenvalue weighted by Crippen LogP contribution is 2.37. The molecule has 128 valence electrons. The summed E-state index contributed by atoms with van der Waals surface area (Å²) in [5, 5.41) is 15.1. The lowest BCUT2D eigenvalue weighted by Crippen LogP contribution is -2.49. The number of aromatic nitrogens is 2. The summed E-state index contributed by atoms with van der Waals surface area (Å²) in [4.78, 5) is 20.8. The molecule has 2 aromatic rings. The van der Waals surface area contributed by atoms with E-state index in [1.165, 1.54) is 0 Å². The molecule has 6 nitrogen and oxygen atoms in total. The molecule has 1 aliphatic rings. The Morgan fingerprint density at radius 2 is 1.96 bits per heavy atom. The van der Waals surface area contributed by atoms with E-state index >= 15 is 0 Å². The Hall–Kier alpha value is -2.94. The van der Waals surface area contributed by atoms with Crippen LogP contribution in [0, 0.1) is 11.3 Å². The number of nitrogens with zero attached hydrogens (tertiary/aromatic N) is 3.